The summed E-state index contributed by atoms with van der Waals surface area (Å²) in [6, 6.07) is 58.3. The van der Waals surface area contributed by atoms with E-state index in [0.717, 1.165) is 32.9 Å². The number of aromatic nitrogens is 2. The standard InChI is InChI=1S/C47H28N2/c1-3-14-40-36(11-1)38-24-23-33(29-17-19-30(20-18-29)35-26-34-22-21-32-10-7-25-48-45(32)46(34)49-28-35)27-43(38)47(40)41-15-4-2-12-37(41)39-13-5-8-31-9-6-16-42(47)44(31)39/h1-28H. The first-order valence-electron chi connectivity index (χ1n) is 16.9. The first kappa shape index (κ1) is 26.7. The van der Waals surface area contributed by atoms with Gasteiger partial charge in [0.15, 0.2) is 0 Å². The van der Waals surface area contributed by atoms with E-state index >= 15 is 0 Å². The van der Waals surface area contributed by atoms with Gasteiger partial charge in [-0.1, -0.05) is 140 Å². The number of pyridine rings is 2. The predicted octanol–water partition coefficient (Wildman–Crippen LogP) is 11.6. The zero-order valence-corrected chi connectivity index (χ0v) is 26.6. The van der Waals surface area contributed by atoms with E-state index in [2.05, 4.69) is 157 Å². The Hall–Kier alpha value is -6.38. The monoisotopic (exact) mass is 620 g/mol. The summed E-state index contributed by atoms with van der Waals surface area (Å²) in [5, 5.41) is 4.85. The lowest BCUT2D eigenvalue weighted by atomic mass is 9.61. The molecule has 11 rings (SSSR count). The van der Waals surface area contributed by atoms with E-state index in [4.69, 9.17) is 4.98 Å². The molecule has 0 fully saturated rings. The van der Waals surface area contributed by atoms with Gasteiger partial charge in [-0.3, -0.25) is 9.97 Å². The lowest BCUT2D eigenvalue weighted by Gasteiger charge is -2.40. The van der Waals surface area contributed by atoms with Crippen LogP contribution in [0.2, 0.25) is 0 Å². The van der Waals surface area contributed by atoms with Crippen molar-refractivity contribution >= 4 is 32.6 Å². The Balaban J connectivity index is 1.09. The van der Waals surface area contributed by atoms with Crippen molar-refractivity contribution in [2.24, 2.45) is 0 Å². The Morgan fingerprint density at radius 2 is 0.939 bits per heavy atom. The third-order valence-electron chi connectivity index (χ3n) is 10.9. The zero-order valence-electron chi connectivity index (χ0n) is 26.6. The Bertz CT molecular complexity index is 2820. The molecule has 2 aliphatic rings. The topological polar surface area (TPSA) is 25.8 Å². The number of benzene rings is 7. The molecule has 7 aromatic carbocycles. The highest BCUT2D eigenvalue weighted by atomic mass is 14.7. The maximum atomic E-state index is 4.86. The number of hydrogen-bond acceptors (Lipinski definition) is 2. The van der Waals surface area contributed by atoms with Gasteiger partial charge in [-0.25, -0.2) is 0 Å². The highest BCUT2D eigenvalue weighted by Crippen LogP contribution is 2.62. The average molecular weight is 621 g/mol. The number of hydrogen-bond donors (Lipinski definition) is 0. The maximum absolute atomic E-state index is 4.86. The highest BCUT2D eigenvalue weighted by Gasteiger charge is 2.50. The minimum atomic E-state index is -0.415. The van der Waals surface area contributed by atoms with Gasteiger partial charge in [0.1, 0.15) is 0 Å². The fraction of sp³-hybridized carbons (Fsp3) is 0.0213. The van der Waals surface area contributed by atoms with Crippen LogP contribution in [-0.2, 0) is 5.41 Å². The summed E-state index contributed by atoms with van der Waals surface area (Å²) < 4.78 is 0. The molecule has 0 radical (unpaired) electrons. The Kier molecular flexibility index (Phi) is 5.34. The summed E-state index contributed by atoms with van der Waals surface area (Å²) in [5.74, 6) is 0. The van der Waals surface area contributed by atoms with Crippen molar-refractivity contribution in [2.75, 3.05) is 0 Å². The van der Waals surface area contributed by atoms with Gasteiger partial charge in [0.05, 0.1) is 16.4 Å². The van der Waals surface area contributed by atoms with Crippen molar-refractivity contribution < 1.29 is 0 Å². The van der Waals surface area contributed by atoms with Crippen LogP contribution in [0.4, 0.5) is 0 Å². The fourth-order valence-corrected chi connectivity index (χ4v) is 8.86. The van der Waals surface area contributed by atoms with Crippen molar-refractivity contribution in [3.05, 3.63) is 192 Å². The number of fused-ring (bicyclic) bond motifs is 12. The van der Waals surface area contributed by atoms with E-state index in [9.17, 15) is 0 Å². The van der Waals surface area contributed by atoms with Gasteiger partial charge in [0.25, 0.3) is 0 Å². The first-order chi connectivity index (χ1) is 24.3. The summed E-state index contributed by atoms with van der Waals surface area (Å²) in [5.41, 5.74) is 16.8. The highest BCUT2D eigenvalue weighted by molar-refractivity contribution is 6.07. The number of rotatable bonds is 2. The second-order valence-corrected chi connectivity index (χ2v) is 13.3. The van der Waals surface area contributed by atoms with Gasteiger partial charge >= 0.3 is 0 Å². The minimum absolute atomic E-state index is 0.415. The van der Waals surface area contributed by atoms with Crippen LogP contribution < -0.4 is 0 Å². The maximum Gasteiger partial charge on any atom is 0.0964 e. The third-order valence-corrected chi connectivity index (χ3v) is 10.9. The van der Waals surface area contributed by atoms with Gasteiger partial charge in [0, 0.05) is 28.7 Å². The Morgan fingerprint density at radius 3 is 1.76 bits per heavy atom. The molecule has 2 heterocycles. The second-order valence-electron chi connectivity index (χ2n) is 13.3. The molecule has 9 aromatic rings. The molecule has 226 valence electrons. The molecule has 1 atom stereocenters. The Morgan fingerprint density at radius 1 is 0.347 bits per heavy atom. The molecule has 0 saturated carbocycles. The summed E-state index contributed by atoms with van der Waals surface area (Å²) in [6.07, 6.45) is 3.81. The average Bonchev–Trinajstić information content (AvgIpc) is 3.46. The molecular weight excluding hydrogens is 593 g/mol. The molecule has 0 aliphatic heterocycles. The van der Waals surface area contributed by atoms with E-state index in [1.807, 2.05) is 18.5 Å². The molecule has 2 aliphatic carbocycles. The molecule has 49 heavy (non-hydrogen) atoms. The van der Waals surface area contributed by atoms with Crippen LogP contribution in [0, 0.1) is 0 Å². The summed E-state index contributed by atoms with van der Waals surface area (Å²) in [7, 11) is 0. The molecule has 2 heteroatoms. The van der Waals surface area contributed by atoms with Crippen molar-refractivity contribution in [3.8, 4) is 44.5 Å². The quantitative estimate of drug-likeness (QED) is 0.180. The molecule has 0 amide bonds. The van der Waals surface area contributed by atoms with E-state index in [0.29, 0.717) is 0 Å². The predicted molar refractivity (Wildman–Crippen MR) is 202 cm³/mol. The zero-order chi connectivity index (χ0) is 32.1. The van der Waals surface area contributed by atoms with Crippen LogP contribution in [0.3, 0.4) is 0 Å². The van der Waals surface area contributed by atoms with Crippen LogP contribution >= 0.6 is 0 Å². The van der Waals surface area contributed by atoms with Crippen LogP contribution in [0.15, 0.2) is 170 Å². The van der Waals surface area contributed by atoms with E-state index in [1.165, 1.54) is 66.4 Å². The largest absolute Gasteiger partial charge is 0.254 e. The lowest BCUT2D eigenvalue weighted by molar-refractivity contribution is 0.774. The first-order valence-corrected chi connectivity index (χ1v) is 16.9. The van der Waals surface area contributed by atoms with Crippen LogP contribution in [0.25, 0.3) is 77.1 Å². The van der Waals surface area contributed by atoms with Crippen LogP contribution in [0.1, 0.15) is 22.3 Å². The van der Waals surface area contributed by atoms with Crippen molar-refractivity contribution in [1.29, 1.82) is 0 Å². The van der Waals surface area contributed by atoms with Gasteiger partial charge in [0.2, 0.25) is 0 Å². The van der Waals surface area contributed by atoms with Gasteiger partial charge in [-0.15, -0.1) is 0 Å². The van der Waals surface area contributed by atoms with Gasteiger partial charge in [-0.05, 0) is 90.2 Å². The van der Waals surface area contributed by atoms with E-state index in [-0.39, 0.29) is 0 Å². The minimum Gasteiger partial charge on any atom is -0.254 e. The smallest absolute Gasteiger partial charge is 0.0964 e. The second kappa shape index (κ2) is 9.82. The van der Waals surface area contributed by atoms with E-state index < -0.39 is 5.41 Å². The normalized spacial score (nSPS) is 15.4. The summed E-state index contributed by atoms with van der Waals surface area (Å²) in [4.78, 5) is 9.46. The van der Waals surface area contributed by atoms with Crippen LogP contribution in [-0.4, -0.2) is 9.97 Å². The molecule has 0 saturated heterocycles. The van der Waals surface area contributed by atoms with E-state index in [1.54, 1.807) is 0 Å². The van der Waals surface area contributed by atoms with Crippen molar-refractivity contribution in [3.63, 3.8) is 0 Å². The van der Waals surface area contributed by atoms with Crippen molar-refractivity contribution in [2.45, 2.75) is 5.41 Å². The molecule has 1 spiro atoms. The molecule has 1 unspecified atom stereocenters. The van der Waals surface area contributed by atoms with Gasteiger partial charge in [-0.2, -0.15) is 0 Å². The molecule has 2 aromatic heterocycles. The summed E-state index contributed by atoms with van der Waals surface area (Å²) >= 11 is 0. The fourth-order valence-electron chi connectivity index (χ4n) is 8.86. The third kappa shape index (κ3) is 3.55. The summed E-state index contributed by atoms with van der Waals surface area (Å²) in [6.45, 7) is 0. The SMILES string of the molecule is c1ccc2c(c1)-c1ccc(-c3ccc(-c4cnc5c(ccc6cccnc65)c4)cc3)cc1C21c2ccccc2-c2cccc3cccc1c23. The van der Waals surface area contributed by atoms with Crippen LogP contribution in [0.5, 0.6) is 0 Å². The van der Waals surface area contributed by atoms with Gasteiger partial charge < -0.3 is 0 Å². The van der Waals surface area contributed by atoms with Crippen molar-refractivity contribution in [1.82, 2.24) is 9.97 Å². The molecule has 0 bridgehead atoms. The lowest BCUT2D eigenvalue weighted by Crippen LogP contribution is -2.31. The molecule has 0 N–H and O–H groups in total. The number of nitrogens with zero attached hydrogens (tertiary/aromatic N) is 2. The molecule has 2 nitrogen and oxygen atoms in total. The molecular formula is C47H28N2. The Labute approximate surface area is 284 Å².